The van der Waals surface area contributed by atoms with Gasteiger partial charge < -0.3 is 19.1 Å². The molecule has 2 amide bonds. The molecule has 7 heteroatoms. The van der Waals surface area contributed by atoms with Crippen molar-refractivity contribution in [3.63, 3.8) is 0 Å². The highest BCUT2D eigenvalue weighted by Gasteiger charge is 2.48. The van der Waals surface area contributed by atoms with E-state index >= 15 is 0 Å². The van der Waals surface area contributed by atoms with Gasteiger partial charge >= 0.3 is 6.09 Å². The average Bonchev–Trinajstić information content (AvgIpc) is 3.15. The molecular weight excluding hydrogens is 334 g/mol. The highest BCUT2D eigenvalue weighted by molar-refractivity contribution is 5.96. The number of nitrogens with zero attached hydrogens (tertiary/aromatic N) is 3. The lowest BCUT2D eigenvalue weighted by molar-refractivity contribution is 0.00301. The van der Waals surface area contributed by atoms with Crippen LogP contribution in [-0.4, -0.2) is 58.2 Å². The number of ether oxygens (including phenoxy) is 1. The summed E-state index contributed by atoms with van der Waals surface area (Å²) < 4.78 is 11.0. The molecule has 2 fully saturated rings. The van der Waals surface area contributed by atoms with Crippen molar-refractivity contribution in [3.05, 3.63) is 17.0 Å². The quantitative estimate of drug-likeness (QED) is 0.803. The molecule has 1 aromatic heterocycles. The molecule has 1 spiro atoms. The zero-order valence-electron chi connectivity index (χ0n) is 16.2. The fourth-order valence-electron chi connectivity index (χ4n) is 4.03. The summed E-state index contributed by atoms with van der Waals surface area (Å²) in [5, 5.41) is 3.98. The number of likely N-dealkylation sites (tertiary alicyclic amines) is 1. The Bertz CT molecular complexity index is 676. The summed E-state index contributed by atoms with van der Waals surface area (Å²) in [6, 6.07) is 0.193. The standard InChI is InChI=1S/C19H29N3O4/c1-5-7-13(3)22-12-19(25-18(22)24)8-10-21(11-9-19)17(23)16-14(4)26-20-15(16)6-2/h13H,5-12H2,1-4H3/t13-/m0/s1. The van der Waals surface area contributed by atoms with E-state index in [1.54, 1.807) is 6.92 Å². The lowest BCUT2D eigenvalue weighted by Crippen LogP contribution is -2.49. The molecule has 0 unspecified atom stereocenters. The SMILES string of the molecule is CCC[C@H](C)N1CC2(CCN(C(=O)c3c(CC)noc3C)CC2)OC1=O. The van der Waals surface area contributed by atoms with E-state index in [1.807, 2.05) is 16.7 Å². The van der Waals surface area contributed by atoms with Gasteiger partial charge in [0, 0.05) is 32.0 Å². The number of carbonyl (C=O) groups is 2. The Kier molecular flexibility index (Phi) is 5.25. The molecule has 3 rings (SSSR count). The van der Waals surface area contributed by atoms with E-state index in [9.17, 15) is 9.59 Å². The maximum Gasteiger partial charge on any atom is 0.410 e. The van der Waals surface area contributed by atoms with E-state index in [4.69, 9.17) is 9.26 Å². The molecule has 0 aromatic carbocycles. The van der Waals surface area contributed by atoms with Gasteiger partial charge in [-0.3, -0.25) is 4.79 Å². The van der Waals surface area contributed by atoms with Crippen molar-refractivity contribution in [1.82, 2.24) is 15.0 Å². The van der Waals surface area contributed by atoms with Crippen LogP contribution in [-0.2, 0) is 11.2 Å². The van der Waals surface area contributed by atoms with Crippen LogP contribution in [0.2, 0.25) is 0 Å². The maximum absolute atomic E-state index is 12.9. The summed E-state index contributed by atoms with van der Waals surface area (Å²) >= 11 is 0. The zero-order valence-corrected chi connectivity index (χ0v) is 16.2. The van der Waals surface area contributed by atoms with Crippen molar-refractivity contribution >= 4 is 12.0 Å². The summed E-state index contributed by atoms with van der Waals surface area (Å²) in [6.07, 6.45) is 3.81. The number of carbonyl (C=O) groups excluding carboxylic acids is 2. The lowest BCUT2D eigenvalue weighted by Gasteiger charge is -2.37. The first kappa shape index (κ1) is 18.7. The zero-order chi connectivity index (χ0) is 18.9. The minimum absolute atomic E-state index is 0.0315. The number of rotatable bonds is 5. The van der Waals surface area contributed by atoms with Gasteiger partial charge in [0.05, 0.1) is 12.2 Å². The third-order valence-electron chi connectivity index (χ3n) is 5.68. The van der Waals surface area contributed by atoms with Crippen LogP contribution in [0.15, 0.2) is 4.52 Å². The second-order valence-corrected chi connectivity index (χ2v) is 7.52. The minimum Gasteiger partial charge on any atom is -0.441 e. The Balaban J connectivity index is 1.65. The molecule has 26 heavy (non-hydrogen) atoms. The Morgan fingerprint density at radius 2 is 2.00 bits per heavy atom. The van der Waals surface area contributed by atoms with Crippen molar-refractivity contribution in [3.8, 4) is 0 Å². The van der Waals surface area contributed by atoms with Gasteiger partial charge in [0.15, 0.2) is 0 Å². The predicted molar refractivity (Wildman–Crippen MR) is 96.0 cm³/mol. The van der Waals surface area contributed by atoms with Crippen LogP contribution in [0.1, 0.15) is 68.3 Å². The number of piperidine rings is 1. The first-order valence-electron chi connectivity index (χ1n) is 9.64. The lowest BCUT2D eigenvalue weighted by atomic mass is 9.90. The Labute approximate surface area is 154 Å². The van der Waals surface area contributed by atoms with Gasteiger partial charge in [-0.05, 0) is 26.7 Å². The van der Waals surface area contributed by atoms with E-state index in [-0.39, 0.29) is 18.0 Å². The van der Waals surface area contributed by atoms with Crippen molar-refractivity contribution in [2.75, 3.05) is 19.6 Å². The highest BCUT2D eigenvalue weighted by atomic mass is 16.6. The molecule has 1 atom stereocenters. The monoisotopic (exact) mass is 363 g/mol. The van der Waals surface area contributed by atoms with Crippen LogP contribution < -0.4 is 0 Å². The van der Waals surface area contributed by atoms with Gasteiger partial charge in [0.1, 0.15) is 16.9 Å². The fourth-order valence-corrected chi connectivity index (χ4v) is 4.03. The van der Waals surface area contributed by atoms with Crippen molar-refractivity contribution < 1.29 is 18.8 Å². The predicted octanol–water partition coefficient (Wildman–Crippen LogP) is 3.16. The minimum atomic E-state index is -0.451. The molecule has 2 aliphatic rings. The molecular formula is C19H29N3O4. The number of aryl methyl sites for hydroxylation is 2. The molecule has 3 heterocycles. The van der Waals surface area contributed by atoms with Gasteiger partial charge in [-0.15, -0.1) is 0 Å². The Morgan fingerprint density at radius 1 is 1.31 bits per heavy atom. The highest BCUT2D eigenvalue weighted by Crippen LogP contribution is 2.35. The van der Waals surface area contributed by atoms with Crippen LogP contribution in [0.25, 0.3) is 0 Å². The van der Waals surface area contributed by atoms with Crippen LogP contribution in [0.5, 0.6) is 0 Å². The first-order valence-corrected chi connectivity index (χ1v) is 9.64. The van der Waals surface area contributed by atoms with Crippen molar-refractivity contribution in [1.29, 1.82) is 0 Å². The normalized spacial score (nSPS) is 20.5. The van der Waals surface area contributed by atoms with E-state index in [0.29, 0.717) is 55.9 Å². The Hall–Kier alpha value is -2.05. The van der Waals surface area contributed by atoms with Crippen molar-refractivity contribution in [2.45, 2.75) is 71.4 Å². The summed E-state index contributed by atoms with van der Waals surface area (Å²) in [7, 11) is 0. The molecule has 0 bridgehead atoms. The fraction of sp³-hybridized carbons (Fsp3) is 0.737. The molecule has 0 N–H and O–H groups in total. The smallest absolute Gasteiger partial charge is 0.410 e. The molecule has 0 radical (unpaired) electrons. The first-order chi connectivity index (χ1) is 12.4. The summed E-state index contributed by atoms with van der Waals surface area (Å²) in [4.78, 5) is 28.9. The molecule has 144 valence electrons. The maximum atomic E-state index is 12.9. The summed E-state index contributed by atoms with van der Waals surface area (Å²) in [5.74, 6) is 0.537. The van der Waals surface area contributed by atoms with Gasteiger partial charge in [-0.1, -0.05) is 25.4 Å². The van der Waals surface area contributed by atoms with Gasteiger partial charge in [0.25, 0.3) is 5.91 Å². The van der Waals surface area contributed by atoms with Crippen LogP contribution in [0, 0.1) is 6.92 Å². The molecule has 1 aromatic rings. The molecule has 7 nitrogen and oxygen atoms in total. The van der Waals surface area contributed by atoms with Gasteiger partial charge in [-0.2, -0.15) is 0 Å². The largest absolute Gasteiger partial charge is 0.441 e. The topological polar surface area (TPSA) is 75.9 Å². The number of hydrogen-bond donors (Lipinski definition) is 0. The third-order valence-corrected chi connectivity index (χ3v) is 5.68. The van der Waals surface area contributed by atoms with E-state index < -0.39 is 5.60 Å². The van der Waals surface area contributed by atoms with Crippen LogP contribution in [0.4, 0.5) is 4.79 Å². The van der Waals surface area contributed by atoms with Gasteiger partial charge in [-0.25, -0.2) is 4.79 Å². The van der Waals surface area contributed by atoms with Gasteiger partial charge in [0.2, 0.25) is 0 Å². The summed E-state index contributed by atoms with van der Waals surface area (Å²) in [6.45, 7) is 9.71. The van der Waals surface area contributed by atoms with Crippen LogP contribution >= 0.6 is 0 Å². The van der Waals surface area contributed by atoms with E-state index in [0.717, 1.165) is 12.8 Å². The summed E-state index contributed by atoms with van der Waals surface area (Å²) in [5.41, 5.74) is 0.845. The number of amides is 2. The average molecular weight is 363 g/mol. The van der Waals surface area contributed by atoms with Crippen LogP contribution in [0.3, 0.4) is 0 Å². The number of hydrogen-bond acceptors (Lipinski definition) is 5. The van der Waals surface area contributed by atoms with Crippen molar-refractivity contribution in [2.24, 2.45) is 0 Å². The third kappa shape index (κ3) is 3.31. The molecule has 2 saturated heterocycles. The number of aromatic nitrogens is 1. The molecule has 0 aliphatic carbocycles. The molecule has 2 aliphatic heterocycles. The second kappa shape index (κ2) is 7.29. The Morgan fingerprint density at radius 3 is 2.62 bits per heavy atom. The van der Waals surface area contributed by atoms with E-state index in [1.165, 1.54) is 0 Å². The van der Waals surface area contributed by atoms with E-state index in [2.05, 4.69) is 19.0 Å². The second-order valence-electron chi connectivity index (χ2n) is 7.52. The molecule has 0 saturated carbocycles.